The Labute approximate surface area is 343 Å². The number of anilines is 3. The molecule has 0 saturated carbocycles. The summed E-state index contributed by atoms with van der Waals surface area (Å²) in [5.41, 5.74) is 13.6. The highest BCUT2D eigenvalue weighted by Gasteiger charge is 2.17. The number of para-hydroxylation sites is 1. The zero-order valence-corrected chi connectivity index (χ0v) is 32.6. The molecule has 0 unspecified atom stereocenters. The molecule has 0 aliphatic heterocycles. The van der Waals surface area contributed by atoms with Crippen LogP contribution < -0.4 is 4.90 Å². The molecule has 0 aliphatic rings. The molecule has 0 saturated heterocycles. The topological polar surface area (TPSA) is 16.4 Å². The fraction of sp³-hybridized carbons (Fsp3) is 0.0175. The van der Waals surface area contributed by atoms with Gasteiger partial charge in [-0.2, -0.15) is 0 Å². The SMILES string of the molecule is Cc1c(-c2cccc(-c3ccc(-c4ccc(N(c5ccc(-c6ccc7c(ccc8ccccc87)c6)cc5)c5cccc6ccccc56)cc4)cc3)c2)oc2ccccc12. The average Bonchev–Trinajstić information content (AvgIpc) is 3.65. The molecule has 0 atom stereocenters. The lowest BCUT2D eigenvalue weighted by Crippen LogP contribution is -2.10. The lowest BCUT2D eigenvalue weighted by atomic mass is 9.97. The Balaban J connectivity index is 0.907. The highest BCUT2D eigenvalue weighted by atomic mass is 16.3. The third-order valence-corrected chi connectivity index (χ3v) is 11.9. The van der Waals surface area contributed by atoms with Gasteiger partial charge in [0.1, 0.15) is 11.3 Å². The van der Waals surface area contributed by atoms with Gasteiger partial charge < -0.3 is 9.32 Å². The molecule has 278 valence electrons. The number of benzene rings is 10. The lowest BCUT2D eigenvalue weighted by molar-refractivity contribution is 0.629. The van der Waals surface area contributed by atoms with Crippen molar-refractivity contribution in [2.45, 2.75) is 6.92 Å². The van der Waals surface area contributed by atoms with Gasteiger partial charge in [-0.3, -0.25) is 0 Å². The first kappa shape index (κ1) is 34.6. The number of fused-ring (bicyclic) bond motifs is 5. The van der Waals surface area contributed by atoms with E-state index in [1.165, 1.54) is 65.7 Å². The van der Waals surface area contributed by atoms with Crippen LogP contribution in [0, 0.1) is 6.92 Å². The number of hydrogen-bond acceptors (Lipinski definition) is 2. The molecule has 11 rings (SSSR count). The van der Waals surface area contributed by atoms with Gasteiger partial charge in [-0.15, -0.1) is 0 Å². The minimum atomic E-state index is 0.921. The second-order valence-electron chi connectivity index (χ2n) is 15.4. The molecular weight excluding hydrogens is 715 g/mol. The molecule has 0 amide bonds. The molecule has 1 heterocycles. The summed E-state index contributed by atoms with van der Waals surface area (Å²) in [7, 11) is 0. The van der Waals surface area contributed by atoms with Gasteiger partial charge in [-0.1, -0.05) is 170 Å². The van der Waals surface area contributed by atoms with E-state index in [2.05, 4.69) is 218 Å². The molecule has 0 fully saturated rings. The fourth-order valence-corrected chi connectivity index (χ4v) is 8.77. The van der Waals surface area contributed by atoms with E-state index in [0.29, 0.717) is 0 Å². The Bertz CT molecular complexity index is 3310. The number of nitrogens with zero attached hydrogens (tertiary/aromatic N) is 1. The molecule has 59 heavy (non-hydrogen) atoms. The van der Waals surface area contributed by atoms with Crippen molar-refractivity contribution in [2.24, 2.45) is 0 Å². The summed E-state index contributed by atoms with van der Waals surface area (Å²) in [4.78, 5) is 2.38. The largest absolute Gasteiger partial charge is 0.456 e. The van der Waals surface area contributed by atoms with Crippen LogP contribution in [-0.4, -0.2) is 0 Å². The molecule has 0 aliphatic carbocycles. The minimum absolute atomic E-state index is 0.921. The van der Waals surface area contributed by atoms with Crippen LogP contribution in [0.1, 0.15) is 5.56 Å². The van der Waals surface area contributed by atoms with Crippen LogP contribution in [0.3, 0.4) is 0 Å². The Kier molecular flexibility index (Phi) is 8.41. The van der Waals surface area contributed by atoms with Gasteiger partial charge in [0, 0.05) is 33.3 Å². The van der Waals surface area contributed by atoms with E-state index in [9.17, 15) is 0 Å². The van der Waals surface area contributed by atoms with E-state index in [-0.39, 0.29) is 0 Å². The van der Waals surface area contributed by atoms with E-state index < -0.39 is 0 Å². The van der Waals surface area contributed by atoms with Crippen molar-refractivity contribution in [2.75, 3.05) is 4.90 Å². The highest BCUT2D eigenvalue weighted by Crippen LogP contribution is 2.41. The molecular formula is C57H39NO. The van der Waals surface area contributed by atoms with Gasteiger partial charge in [0.2, 0.25) is 0 Å². The molecule has 10 aromatic carbocycles. The molecule has 0 N–H and O–H groups in total. The third-order valence-electron chi connectivity index (χ3n) is 11.9. The first-order chi connectivity index (χ1) is 29.1. The van der Waals surface area contributed by atoms with Gasteiger partial charge >= 0.3 is 0 Å². The van der Waals surface area contributed by atoms with E-state index in [0.717, 1.165) is 44.9 Å². The highest BCUT2D eigenvalue weighted by molar-refractivity contribution is 6.08. The lowest BCUT2D eigenvalue weighted by Gasteiger charge is -2.27. The Morgan fingerprint density at radius 1 is 0.322 bits per heavy atom. The summed E-state index contributed by atoms with van der Waals surface area (Å²) in [5, 5.41) is 8.67. The predicted octanol–water partition coefficient (Wildman–Crippen LogP) is 16.3. The van der Waals surface area contributed by atoms with E-state index in [4.69, 9.17) is 4.42 Å². The summed E-state index contributed by atoms with van der Waals surface area (Å²) >= 11 is 0. The third kappa shape index (κ3) is 6.23. The van der Waals surface area contributed by atoms with Crippen molar-refractivity contribution in [1.82, 2.24) is 0 Å². The van der Waals surface area contributed by atoms with Crippen LogP contribution >= 0.6 is 0 Å². The quantitative estimate of drug-likeness (QED) is 0.151. The van der Waals surface area contributed by atoms with Crippen LogP contribution in [-0.2, 0) is 0 Å². The molecule has 2 nitrogen and oxygen atoms in total. The predicted molar refractivity (Wildman–Crippen MR) is 250 cm³/mol. The zero-order chi connectivity index (χ0) is 39.3. The maximum atomic E-state index is 6.30. The normalized spacial score (nSPS) is 11.5. The second kappa shape index (κ2) is 14.4. The van der Waals surface area contributed by atoms with Crippen molar-refractivity contribution in [3.63, 3.8) is 0 Å². The summed E-state index contributed by atoms with van der Waals surface area (Å²) in [6.07, 6.45) is 0. The van der Waals surface area contributed by atoms with Crippen molar-refractivity contribution >= 4 is 60.3 Å². The van der Waals surface area contributed by atoms with E-state index in [1.807, 2.05) is 12.1 Å². The molecule has 0 bridgehead atoms. The van der Waals surface area contributed by atoms with Gasteiger partial charge in [0.15, 0.2) is 0 Å². The molecule has 0 spiro atoms. The standard InChI is InChI=1S/C57H39NO/c1-38-51-15-6-7-19-56(51)59-57(38)48-14-8-13-45(37-48)41-22-20-39(21-23-41)40-26-31-49(32-27-40)58(55-18-9-12-43-10-3-5-17-54(43)55)50-33-28-42(29-34-50)46-30-35-53-47(36-46)25-24-44-11-2-4-16-52(44)53/h2-37H,1H3. The van der Waals surface area contributed by atoms with Gasteiger partial charge in [-0.25, -0.2) is 0 Å². The van der Waals surface area contributed by atoms with E-state index in [1.54, 1.807) is 0 Å². The monoisotopic (exact) mass is 753 g/mol. The number of hydrogen-bond donors (Lipinski definition) is 0. The van der Waals surface area contributed by atoms with Gasteiger partial charge in [0.05, 0.1) is 5.69 Å². The summed E-state index contributed by atoms with van der Waals surface area (Å²) in [5.74, 6) is 0.928. The van der Waals surface area contributed by atoms with Crippen molar-refractivity contribution in [3.05, 3.63) is 224 Å². The smallest absolute Gasteiger partial charge is 0.138 e. The first-order valence-corrected chi connectivity index (χ1v) is 20.2. The summed E-state index contributed by atoms with van der Waals surface area (Å²) in [6, 6.07) is 78.8. The maximum absolute atomic E-state index is 6.30. The molecule has 0 radical (unpaired) electrons. The minimum Gasteiger partial charge on any atom is -0.456 e. The molecule has 1 aromatic heterocycles. The van der Waals surface area contributed by atoms with E-state index >= 15 is 0 Å². The van der Waals surface area contributed by atoms with Crippen LogP contribution in [0.25, 0.3) is 88.0 Å². The van der Waals surface area contributed by atoms with Gasteiger partial charge in [-0.05, 0) is 116 Å². The average molecular weight is 754 g/mol. The second-order valence-corrected chi connectivity index (χ2v) is 15.4. The number of rotatable bonds is 7. The van der Waals surface area contributed by atoms with Crippen molar-refractivity contribution < 1.29 is 4.42 Å². The van der Waals surface area contributed by atoms with Crippen LogP contribution in [0.2, 0.25) is 0 Å². The first-order valence-electron chi connectivity index (χ1n) is 20.2. The van der Waals surface area contributed by atoms with Crippen LogP contribution in [0.15, 0.2) is 223 Å². The number of aryl methyl sites for hydroxylation is 1. The maximum Gasteiger partial charge on any atom is 0.138 e. The number of furan rings is 1. The molecule has 11 aromatic rings. The van der Waals surface area contributed by atoms with Crippen molar-refractivity contribution in [1.29, 1.82) is 0 Å². The summed E-state index contributed by atoms with van der Waals surface area (Å²) in [6.45, 7) is 2.14. The summed E-state index contributed by atoms with van der Waals surface area (Å²) < 4.78 is 6.30. The Hall–Kier alpha value is -7.68. The van der Waals surface area contributed by atoms with Crippen LogP contribution in [0.5, 0.6) is 0 Å². The van der Waals surface area contributed by atoms with Crippen LogP contribution in [0.4, 0.5) is 17.1 Å². The fourth-order valence-electron chi connectivity index (χ4n) is 8.77. The van der Waals surface area contributed by atoms with Gasteiger partial charge in [0.25, 0.3) is 0 Å². The Morgan fingerprint density at radius 2 is 0.797 bits per heavy atom. The van der Waals surface area contributed by atoms with Crippen molar-refractivity contribution in [3.8, 4) is 44.7 Å². The zero-order valence-electron chi connectivity index (χ0n) is 32.6. The Morgan fingerprint density at radius 3 is 1.49 bits per heavy atom. The molecule has 2 heteroatoms.